The number of fused-ring (bicyclic) bond motifs is 1. The number of hydrogen-bond acceptors (Lipinski definition) is 3. The largest absolute Gasteiger partial charge is 0.348 e. The maximum absolute atomic E-state index is 13.9. The average Bonchev–Trinajstić information content (AvgIpc) is 3.16. The van der Waals surface area contributed by atoms with Gasteiger partial charge >= 0.3 is 0 Å². The first-order chi connectivity index (χ1) is 12.4. The lowest BCUT2D eigenvalue weighted by Crippen LogP contribution is -2.42. The van der Waals surface area contributed by atoms with Crippen LogP contribution in [0.2, 0.25) is 25.2 Å². The number of thiazole rings is 1. The van der Waals surface area contributed by atoms with Gasteiger partial charge in [-0.15, -0.1) is 19.4 Å². The molecule has 1 aromatic carbocycles. The van der Waals surface area contributed by atoms with E-state index in [1.165, 1.54) is 29.5 Å². The SMILES string of the molecule is C[Si-]1(C)CCC(NC(=O)c2cc3sc(-c4ccccc4F)nc3[nH]2)CC1. The third-order valence-electron chi connectivity index (χ3n) is 5.21. The van der Waals surface area contributed by atoms with Crippen molar-refractivity contribution in [1.29, 1.82) is 0 Å². The van der Waals surface area contributed by atoms with Crippen molar-refractivity contribution in [1.82, 2.24) is 15.3 Å². The second kappa shape index (κ2) is 6.63. The Labute approximate surface area is 156 Å². The van der Waals surface area contributed by atoms with Gasteiger partial charge in [-0.05, 0) is 18.2 Å². The molecule has 1 amide bonds. The van der Waals surface area contributed by atoms with E-state index < -0.39 is 8.07 Å². The first kappa shape index (κ1) is 17.4. The Bertz CT molecular complexity index is 923. The Morgan fingerprint density at radius 1 is 1.31 bits per heavy atom. The zero-order valence-corrected chi connectivity index (χ0v) is 16.8. The van der Waals surface area contributed by atoms with Gasteiger partial charge in [0.05, 0.1) is 4.70 Å². The zero-order valence-electron chi connectivity index (χ0n) is 14.9. The number of aromatic amines is 1. The van der Waals surface area contributed by atoms with E-state index in [9.17, 15) is 9.18 Å². The van der Waals surface area contributed by atoms with Crippen molar-refractivity contribution < 1.29 is 9.18 Å². The zero-order chi connectivity index (χ0) is 18.3. The minimum absolute atomic E-state index is 0.0750. The number of amides is 1. The molecular weight excluding hydrogens is 365 g/mol. The molecule has 1 aliphatic heterocycles. The molecule has 0 unspecified atom stereocenters. The number of H-pyrrole nitrogens is 1. The van der Waals surface area contributed by atoms with Gasteiger partial charge in [0.25, 0.3) is 5.91 Å². The summed E-state index contributed by atoms with van der Waals surface area (Å²) in [5, 5.41) is 3.77. The van der Waals surface area contributed by atoms with Crippen molar-refractivity contribution in [3.05, 3.63) is 41.8 Å². The highest BCUT2D eigenvalue weighted by atomic mass is 32.1. The maximum atomic E-state index is 13.9. The summed E-state index contributed by atoms with van der Waals surface area (Å²) in [5.41, 5.74) is 1.65. The number of nitrogens with zero attached hydrogens (tertiary/aromatic N) is 1. The van der Waals surface area contributed by atoms with Crippen molar-refractivity contribution in [3.63, 3.8) is 0 Å². The molecule has 7 heteroatoms. The van der Waals surface area contributed by atoms with Crippen LogP contribution in [0.25, 0.3) is 20.9 Å². The van der Waals surface area contributed by atoms with Crippen LogP contribution in [0.5, 0.6) is 0 Å². The molecule has 1 fully saturated rings. The Morgan fingerprint density at radius 3 is 2.73 bits per heavy atom. The first-order valence-electron chi connectivity index (χ1n) is 8.97. The monoisotopic (exact) mass is 387 g/mol. The van der Waals surface area contributed by atoms with E-state index in [0.717, 1.165) is 17.5 Å². The number of benzene rings is 1. The predicted molar refractivity (Wildman–Crippen MR) is 107 cm³/mol. The lowest BCUT2D eigenvalue weighted by Gasteiger charge is -2.41. The third-order valence-corrected chi connectivity index (χ3v) is 9.53. The highest BCUT2D eigenvalue weighted by Crippen LogP contribution is 2.32. The molecule has 26 heavy (non-hydrogen) atoms. The van der Waals surface area contributed by atoms with Gasteiger partial charge in [-0.3, -0.25) is 4.79 Å². The van der Waals surface area contributed by atoms with Crippen molar-refractivity contribution in [3.8, 4) is 10.6 Å². The van der Waals surface area contributed by atoms with E-state index in [0.29, 0.717) is 21.9 Å². The van der Waals surface area contributed by atoms with Gasteiger partial charge in [0.15, 0.2) is 0 Å². The van der Waals surface area contributed by atoms with E-state index in [4.69, 9.17) is 0 Å². The summed E-state index contributed by atoms with van der Waals surface area (Å²) in [6.07, 6.45) is 2.16. The molecule has 2 N–H and O–H groups in total. The fraction of sp³-hybridized carbons (Fsp3) is 0.368. The van der Waals surface area contributed by atoms with Crippen LogP contribution >= 0.6 is 11.3 Å². The van der Waals surface area contributed by atoms with Crippen LogP contribution in [0.15, 0.2) is 30.3 Å². The van der Waals surface area contributed by atoms with Gasteiger partial charge < -0.3 is 10.3 Å². The minimum Gasteiger partial charge on any atom is -0.348 e. The number of nitrogens with one attached hydrogen (secondary N) is 2. The third kappa shape index (κ3) is 3.46. The molecule has 3 heterocycles. The van der Waals surface area contributed by atoms with Crippen LogP contribution < -0.4 is 5.32 Å². The van der Waals surface area contributed by atoms with Crippen LogP contribution in [0.3, 0.4) is 0 Å². The highest BCUT2D eigenvalue weighted by Gasteiger charge is 2.23. The Morgan fingerprint density at radius 2 is 2.04 bits per heavy atom. The number of aromatic nitrogens is 2. The number of carbonyl (C=O) groups is 1. The first-order valence-corrected chi connectivity index (χ1v) is 13.2. The van der Waals surface area contributed by atoms with Crippen LogP contribution in [0, 0.1) is 5.82 Å². The van der Waals surface area contributed by atoms with Crippen molar-refractivity contribution in [2.45, 2.75) is 44.1 Å². The van der Waals surface area contributed by atoms with E-state index in [2.05, 4.69) is 28.4 Å². The fourth-order valence-corrected chi connectivity index (χ4v) is 6.99. The predicted octanol–water partition coefficient (Wildman–Crippen LogP) is 5.03. The summed E-state index contributed by atoms with van der Waals surface area (Å²) in [6.45, 7) is 4.84. The lowest BCUT2D eigenvalue weighted by molar-refractivity contribution is 0.0929. The molecule has 2 aromatic heterocycles. The number of carbonyl (C=O) groups excluding carboxylic acids is 1. The summed E-state index contributed by atoms with van der Waals surface area (Å²) in [6, 6.07) is 11.2. The number of halogens is 1. The molecule has 137 valence electrons. The van der Waals surface area contributed by atoms with E-state index >= 15 is 0 Å². The summed E-state index contributed by atoms with van der Waals surface area (Å²) in [4.78, 5) is 20.1. The molecule has 1 aliphatic rings. The van der Waals surface area contributed by atoms with Crippen molar-refractivity contribution in [2.75, 3.05) is 0 Å². The van der Waals surface area contributed by atoms with Crippen LogP contribution in [0.4, 0.5) is 4.39 Å². The summed E-state index contributed by atoms with van der Waals surface area (Å²) >= 11 is 1.39. The summed E-state index contributed by atoms with van der Waals surface area (Å²) < 4.78 is 14.8. The number of rotatable bonds is 3. The second-order valence-electron chi connectivity index (χ2n) is 7.81. The molecule has 0 saturated carbocycles. The minimum atomic E-state index is -1.02. The van der Waals surface area contributed by atoms with Crippen LogP contribution in [-0.2, 0) is 0 Å². The van der Waals surface area contributed by atoms with Gasteiger partial charge in [-0.25, -0.2) is 9.37 Å². The van der Waals surface area contributed by atoms with E-state index in [1.54, 1.807) is 18.2 Å². The van der Waals surface area contributed by atoms with Crippen molar-refractivity contribution >= 4 is 35.7 Å². The Hall–Kier alpha value is -1.99. The normalized spacial score (nSPS) is 17.5. The molecule has 4 rings (SSSR count). The van der Waals surface area contributed by atoms with E-state index in [1.807, 2.05) is 6.07 Å². The van der Waals surface area contributed by atoms with Gasteiger partial charge in [0, 0.05) is 11.6 Å². The molecule has 0 bridgehead atoms. The topological polar surface area (TPSA) is 57.8 Å². The van der Waals surface area contributed by atoms with Gasteiger partial charge in [0.1, 0.15) is 22.2 Å². The molecule has 1 saturated heterocycles. The van der Waals surface area contributed by atoms with Gasteiger partial charge in [-0.1, -0.05) is 25.0 Å². The smallest absolute Gasteiger partial charge is 0.268 e. The Kier molecular flexibility index (Phi) is 4.44. The molecule has 0 atom stereocenters. The maximum Gasteiger partial charge on any atom is 0.268 e. The lowest BCUT2D eigenvalue weighted by atomic mass is 10.1. The molecule has 0 spiro atoms. The highest BCUT2D eigenvalue weighted by molar-refractivity contribution is 7.21. The molecule has 3 aromatic rings. The van der Waals surface area contributed by atoms with E-state index in [-0.39, 0.29) is 17.8 Å². The number of hydrogen-bond donors (Lipinski definition) is 2. The fourth-order valence-electron chi connectivity index (χ4n) is 3.49. The Balaban J connectivity index is 1.49. The van der Waals surface area contributed by atoms with Crippen LogP contribution in [0.1, 0.15) is 23.3 Å². The molecule has 0 radical (unpaired) electrons. The molecule has 4 nitrogen and oxygen atoms in total. The van der Waals surface area contributed by atoms with Gasteiger partial charge in [-0.2, -0.15) is 25.2 Å². The molecular formula is C19H22FN3OSSi-. The second-order valence-corrected chi connectivity index (χ2v) is 14.2. The standard InChI is InChI=1S/C19H22FN3OSSi/c1-26(2)9-7-12(8-10-26)21-18(24)15-11-16-17(22-15)23-19(25-16)13-5-3-4-6-14(13)20/h3-6,11-12,22H,7-10H2,1-2H3,(H,21,24)/q-1. The quantitative estimate of drug-likeness (QED) is 0.619. The van der Waals surface area contributed by atoms with Crippen LogP contribution in [-0.4, -0.2) is 30.0 Å². The summed E-state index contributed by atoms with van der Waals surface area (Å²) in [5.74, 6) is -0.361. The van der Waals surface area contributed by atoms with Gasteiger partial charge in [0.2, 0.25) is 0 Å². The average molecular weight is 388 g/mol. The molecule has 0 aliphatic carbocycles. The summed E-state index contributed by atoms with van der Waals surface area (Å²) in [7, 11) is -1.02. The van der Waals surface area contributed by atoms with Crippen molar-refractivity contribution in [2.24, 2.45) is 0 Å².